The molecular weight excluding hydrogens is 298 g/mol. The van der Waals surface area contributed by atoms with Gasteiger partial charge in [-0.15, -0.1) is 0 Å². The Bertz CT molecular complexity index is 715. The molecule has 2 N–H and O–H groups in total. The SMILES string of the molecule is COCC(C)(NC(=O)COc1ccc2ccccc2c1)C(=O)O. The van der Waals surface area contributed by atoms with Crippen molar-refractivity contribution in [3.05, 3.63) is 42.5 Å². The van der Waals surface area contributed by atoms with Crippen molar-refractivity contribution >= 4 is 22.6 Å². The van der Waals surface area contributed by atoms with Crippen molar-refractivity contribution in [3.63, 3.8) is 0 Å². The van der Waals surface area contributed by atoms with Crippen LogP contribution in [0.25, 0.3) is 10.8 Å². The summed E-state index contributed by atoms with van der Waals surface area (Å²) in [7, 11) is 1.37. The lowest BCUT2D eigenvalue weighted by atomic mass is 10.0. The van der Waals surface area contributed by atoms with Gasteiger partial charge in [0.25, 0.3) is 5.91 Å². The van der Waals surface area contributed by atoms with Gasteiger partial charge in [0, 0.05) is 7.11 Å². The Balaban J connectivity index is 1.98. The Labute approximate surface area is 134 Å². The molecule has 2 aromatic rings. The summed E-state index contributed by atoms with van der Waals surface area (Å²) in [4.78, 5) is 23.2. The second-order valence-electron chi connectivity index (χ2n) is 5.42. The van der Waals surface area contributed by atoms with Crippen molar-refractivity contribution in [1.82, 2.24) is 5.32 Å². The zero-order valence-electron chi connectivity index (χ0n) is 13.0. The molecule has 0 aliphatic carbocycles. The Morgan fingerprint density at radius 2 is 1.87 bits per heavy atom. The average molecular weight is 317 g/mol. The quantitative estimate of drug-likeness (QED) is 0.814. The van der Waals surface area contributed by atoms with Gasteiger partial charge in [0.1, 0.15) is 5.75 Å². The highest BCUT2D eigenvalue weighted by atomic mass is 16.5. The number of hydrogen-bond acceptors (Lipinski definition) is 4. The summed E-state index contributed by atoms with van der Waals surface area (Å²) in [5, 5.41) is 13.7. The van der Waals surface area contributed by atoms with E-state index >= 15 is 0 Å². The zero-order valence-corrected chi connectivity index (χ0v) is 13.0. The van der Waals surface area contributed by atoms with Gasteiger partial charge in [0.05, 0.1) is 6.61 Å². The maximum absolute atomic E-state index is 11.9. The van der Waals surface area contributed by atoms with E-state index in [1.165, 1.54) is 14.0 Å². The molecule has 0 aliphatic rings. The third-order valence-corrected chi connectivity index (χ3v) is 3.41. The van der Waals surface area contributed by atoms with Gasteiger partial charge >= 0.3 is 5.97 Å². The molecule has 23 heavy (non-hydrogen) atoms. The predicted octanol–water partition coefficient (Wildman–Crippen LogP) is 1.82. The molecule has 0 heterocycles. The molecule has 2 rings (SSSR count). The van der Waals surface area contributed by atoms with Crippen LogP contribution in [-0.2, 0) is 14.3 Å². The van der Waals surface area contributed by atoms with E-state index in [1.54, 1.807) is 6.07 Å². The van der Waals surface area contributed by atoms with Gasteiger partial charge in [-0.05, 0) is 29.8 Å². The van der Waals surface area contributed by atoms with E-state index in [9.17, 15) is 14.7 Å². The highest BCUT2D eigenvalue weighted by Gasteiger charge is 2.35. The van der Waals surface area contributed by atoms with E-state index in [4.69, 9.17) is 9.47 Å². The van der Waals surface area contributed by atoms with E-state index < -0.39 is 17.4 Å². The summed E-state index contributed by atoms with van der Waals surface area (Å²) >= 11 is 0. The Morgan fingerprint density at radius 1 is 1.17 bits per heavy atom. The molecule has 0 saturated heterocycles. The molecule has 0 aliphatic heterocycles. The standard InChI is InChI=1S/C17H19NO5/c1-17(11-22-2,16(20)21)18-15(19)10-23-14-8-7-12-5-3-4-6-13(12)9-14/h3-9H,10-11H2,1-2H3,(H,18,19)(H,20,21). The second-order valence-corrected chi connectivity index (χ2v) is 5.42. The Hall–Kier alpha value is -2.60. The van der Waals surface area contributed by atoms with Gasteiger partial charge < -0.3 is 19.9 Å². The number of nitrogens with one attached hydrogen (secondary N) is 1. The molecule has 0 bridgehead atoms. The molecule has 0 fully saturated rings. The fraction of sp³-hybridized carbons (Fsp3) is 0.294. The third kappa shape index (κ3) is 4.20. The number of methoxy groups -OCH3 is 1. The van der Waals surface area contributed by atoms with Crippen LogP contribution in [0.3, 0.4) is 0 Å². The van der Waals surface area contributed by atoms with Crippen molar-refractivity contribution in [2.45, 2.75) is 12.5 Å². The van der Waals surface area contributed by atoms with Gasteiger partial charge in [0.15, 0.2) is 12.1 Å². The lowest BCUT2D eigenvalue weighted by Crippen LogP contribution is -2.56. The van der Waals surface area contributed by atoms with Crippen molar-refractivity contribution in [1.29, 1.82) is 0 Å². The van der Waals surface area contributed by atoms with E-state index in [2.05, 4.69) is 5.32 Å². The van der Waals surface area contributed by atoms with Crippen molar-refractivity contribution < 1.29 is 24.2 Å². The van der Waals surface area contributed by atoms with Gasteiger partial charge in [0.2, 0.25) is 0 Å². The fourth-order valence-electron chi connectivity index (χ4n) is 2.19. The highest BCUT2D eigenvalue weighted by Crippen LogP contribution is 2.20. The number of amides is 1. The Morgan fingerprint density at radius 3 is 2.52 bits per heavy atom. The van der Waals surface area contributed by atoms with Gasteiger partial charge in [-0.2, -0.15) is 0 Å². The maximum atomic E-state index is 11.9. The van der Waals surface area contributed by atoms with Crippen molar-refractivity contribution in [3.8, 4) is 5.75 Å². The minimum absolute atomic E-state index is 0.135. The topological polar surface area (TPSA) is 84.9 Å². The van der Waals surface area contributed by atoms with Crippen LogP contribution >= 0.6 is 0 Å². The average Bonchev–Trinajstić information content (AvgIpc) is 2.52. The molecule has 122 valence electrons. The summed E-state index contributed by atoms with van der Waals surface area (Å²) in [5.41, 5.74) is -1.49. The molecule has 1 amide bonds. The second kappa shape index (κ2) is 7.11. The molecule has 0 saturated carbocycles. The van der Waals surface area contributed by atoms with Crippen LogP contribution < -0.4 is 10.1 Å². The zero-order chi connectivity index (χ0) is 16.9. The summed E-state index contributed by atoms with van der Waals surface area (Å²) in [6.07, 6.45) is 0. The molecule has 0 radical (unpaired) electrons. The molecule has 2 aromatic carbocycles. The van der Waals surface area contributed by atoms with Crippen LogP contribution in [0.1, 0.15) is 6.92 Å². The number of rotatable bonds is 7. The predicted molar refractivity (Wildman–Crippen MR) is 85.5 cm³/mol. The summed E-state index contributed by atoms with van der Waals surface area (Å²) < 4.78 is 10.3. The van der Waals surface area contributed by atoms with Gasteiger partial charge in [-0.1, -0.05) is 30.3 Å². The fourth-order valence-corrected chi connectivity index (χ4v) is 2.19. The largest absolute Gasteiger partial charge is 0.484 e. The first-order chi connectivity index (χ1) is 10.9. The van der Waals surface area contributed by atoms with Crippen LogP contribution in [0, 0.1) is 0 Å². The number of carbonyl (C=O) groups excluding carboxylic acids is 1. The Kier molecular flexibility index (Phi) is 5.18. The lowest BCUT2D eigenvalue weighted by molar-refractivity contribution is -0.149. The minimum atomic E-state index is -1.49. The number of hydrogen-bond donors (Lipinski definition) is 2. The number of fused-ring (bicyclic) bond motifs is 1. The van der Waals surface area contributed by atoms with Crippen LogP contribution in [0.5, 0.6) is 5.75 Å². The normalized spacial score (nSPS) is 13.3. The third-order valence-electron chi connectivity index (χ3n) is 3.41. The first-order valence-corrected chi connectivity index (χ1v) is 7.09. The lowest BCUT2D eigenvalue weighted by Gasteiger charge is -2.25. The number of carboxylic acids is 1. The molecule has 6 nitrogen and oxygen atoms in total. The number of carboxylic acid groups (broad SMARTS) is 1. The van der Waals surface area contributed by atoms with Crippen LogP contribution in [0.4, 0.5) is 0 Å². The number of carbonyl (C=O) groups is 2. The minimum Gasteiger partial charge on any atom is -0.484 e. The van der Waals surface area contributed by atoms with Crippen LogP contribution in [0.2, 0.25) is 0 Å². The van der Waals surface area contributed by atoms with Gasteiger partial charge in [-0.25, -0.2) is 4.79 Å². The van der Waals surface area contributed by atoms with Crippen LogP contribution in [-0.4, -0.2) is 42.8 Å². The summed E-state index contributed by atoms with van der Waals surface area (Å²) in [6, 6.07) is 13.3. The first kappa shape index (κ1) is 16.8. The van der Waals surface area contributed by atoms with Gasteiger partial charge in [-0.3, -0.25) is 4.79 Å². The maximum Gasteiger partial charge on any atom is 0.331 e. The van der Waals surface area contributed by atoms with Crippen molar-refractivity contribution in [2.24, 2.45) is 0 Å². The molecule has 6 heteroatoms. The number of benzene rings is 2. The molecule has 0 aromatic heterocycles. The van der Waals surface area contributed by atoms with Crippen LogP contribution in [0.15, 0.2) is 42.5 Å². The summed E-state index contributed by atoms with van der Waals surface area (Å²) in [5.74, 6) is -1.15. The first-order valence-electron chi connectivity index (χ1n) is 7.09. The monoisotopic (exact) mass is 317 g/mol. The van der Waals surface area contributed by atoms with E-state index in [0.717, 1.165) is 10.8 Å². The van der Waals surface area contributed by atoms with E-state index in [-0.39, 0.29) is 13.2 Å². The number of ether oxygens (including phenoxy) is 2. The summed E-state index contributed by atoms with van der Waals surface area (Å²) in [6.45, 7) is 0.974. The molecule has 1 unspecified atom stereocenters. The smallest absolute Gasteiger partial charge is 0.331 e. The molecule has 0 spiro atoms. The van der Waals surface area contributed by atoms with E-state index in [1.807, 2.05) is 36.4 Å². The number of aliphatic carboxylic acids is 1. The van der Waals surface area contributed by atoms with E-state index in [0.29, 0.717) is 5.75 Å². The highest BCUT2D eigenvalue weighted by molar-refractivity contribution is 5.87. The molecule has 1 atom stereocenters. The van der Waals surface area contributed by atoms with Crippen molar-refractivity contribution in [2.75, 3.05) is 20.3 Å². The molecular formula is C17H19NO5.